The van der Waals surface area contributed by atoms with E-state index in [-0.39, 0.29) is 12.1 Å². The highest BCUT2D eigenvalue weighted by Gasteiger charge is 2.27. The van der Waals surface area contributed by atoms with Gasteiger partial charge in [0.1, 0.15) is 23.4 Å². The fourth-order valence-corrected chi connectivity index (χ4v) is 3.03. The summed E-state index contributed by atoms with van der Waals surface area (Å²) in [6.07, 6.45) is 1.75. The van der Waals surface area contributed by atoms with E-state index >= 15 is 0 Å². The summed E-state index contributed by atoms with van der Waals surface area (Å²) < 4.78 is 17.0. The van der Waals surface area contributed by atoms with E-state index in [1.165, 1.54) is 6.92 Å². The fourth-order valence-electron chi connectivity index (χ4n) is 3.03. The van der Waals surface area contributed by atoms with Crippen LogP contribution in [0.2, 0.25) is 0 Å². The predicted octanol–water partition coefficient (Wildman–Crippen LogP) is 4.00. The van der Waals surface area contributed by atoms with Crippen molar-refractivity contribution >= 4 is 5.97 Å². The van der Waals surface area contributed by atoms with E-state index < -0.39 is 0 Å². The molecule has 1 unspecified atom stereocenters. The molecule has 0 amide bonds. The van der Waals surface area contributed by atoms with Crippen LogP contribution in [-0.4, -0.2) is 13.1 Å². The summed E-state index contributed by atoms with van der Waals surface area (Å²) in [6, 6.07) is 11.9. The highest BCUT2D eigenvalue weighted by molar-refractivity contribution is 5.71. The lowest BCUT2D eigenvalue weighted by Gasteiger charge is -2.29. The van der Waals surface area contributed by atoms with Gasteiger partial charge in [-0.25, -0.2) is 0 Å². The van der Waals surface area contributed by atoms with Gasteiger partial charge in [-0.15, -0.1) is 0 Å². The zero-order valence-corrected chi connectivity index (χ0v) is 13.6. The monoisotopic (exact) mass is 312 g/mol. The van der Waals surface area contributed by atoms with Crippen LogP contribution in [0.4, 0.5) is 0 Å². The van der Waals surface area contributed by atoms with Crippen molar-refractivity contribution in [2.24, 2.45) is 0 Å². The van der Waals surface area contributed by atoms with Crippen molar-refractivity contribution in [2.45, 2.75) is 32.8 Å². The maximum Gasteiger partial charge on any atom is 0.308 e. The lowest BCUT2D eigenvalue weighted by molar-refractivity contribution is -0.131. The smallest absolute Gasteiger partial charge is 0.308 e. The minimum atomic E-state index is -0.356. The van der Waals surface area contributed by atoms with Crippen LogP contribution in [0, 0.1) is 6.92 Å². The Morgan fingerprint density at radius 1 is 1.26 bits per heavy atom. The Balaban J connectivity index is 1.99. The third kappa shape index (κ3) is 3.02. The lowest BCUT2D eigenvalue weighted by Crippen LogP contribution is -2.17. The van der Waals surface area contributed by atoms with Crippen LogP contribution in [0.3, 0.4) is 0 Å². The molecule has 0 radical (unpaired) electrons. The highest BCUT2D eigenvalue weighted by atomic mass is 16.5. The topological polar surface area (TPSA) is 44.8 Å². The standard InChI is InChI=1S/C19H20O4/c1-12-17(22-13(2)20)11-18-15(19(12)21-3)9-10-16(23-18)14-7-5-4-6-8-14/h4-8,11,16H,9-10H2,1-3H3. The molecule has 23 heavy (non-hydrogen) atoms. The van der Waals surface area contributed by atoms with E-state index in [0.29, 0.717) is 5.75 Å². The van der Waals surface area contributed by atoms with Crippen molar-refractivity contribution in [3.63, 3.8) is 0 Å². The average molecular weight is 312 g/mol. The molecule has 1 aliphatic rings. The van der Waals surface area contributed by atoms with E-state index in [2.05, 4.69) is 12.1 Å². The Labute approximate surface area is 136 Å². The summed E-state index contributed by atoms with van der Waals surface area (Å²) in [7, 11) is 1.63. The second-order valence-corrected chi connectivity index (χ2v) is 5.66. The first-order valence-corrected chi connectivity index (χ1v) is 7.70. The van der Waals surface area contributed by atoms with Gasteiger partial charge >= 0.3 is 5.97 Å². The molecule has 0 fully saturated rings. The van der Waals surface area contributed by atoms with E-state index in [4.69, 9.17) is 14.2 Å². The van der Waals surface area contributed by atoms with Crippen LogP contribution in [-0.2, 0) is 11.2 Å². The molecule has 0 aromatic heterocycles. The molecule has 4 heteroatoms. The molecule has 120 valence electrons. The zero-order chi connectivity index (χ0) is 16.4. The van der Waals surface area contributed by atoms with Crippen LogP contribution in [0.15, 0.2) is 36.4 Å². The van der Waals surface area contributed by atoms with E-state index in [1.54, 1.807) is 13.2 Å². The van der Waals surface area contributed by atoms with Crippen molar-refractivity contribution in [1.29, 1.82) is 0 Å². The maximum absolute atomic E-state index is 11.3. The Kier molecular flexibility index (Phi) is 4.24. The molecule has 1 aliphatic heterocycles. The van der Waals surface area contributed by atoms with Gasteiger partial charge in [-0.3, -0.25) is 4.79 Å². The summed E-state index contributed by atoms with van der Waals surface area (Å²) in [5.41, 5.74) is 3.00. The third-order valence-corrected chi connectivity index (χ3v) is 4.10. The van der Waals surface area contributed by atoms with Crippen molar-refractivity contribution in [2.75, 3.05) is 7.11 Å². The Hall–Kier alpha value is -2.49. The second-order valence-electron chi connectivity index (χ2n) is 5.66. The van der Waals surface area contributed by atoms with E-state index in [0.717, 1.165) is 41.0 Å². The van der Waals surface area contributed by atoms with Gasteiger partial charge in [-0.1, -0.05) is 30.3 Å². The molecule has 0 saturated carbocycles. The molecule has 0 aliphatic carbocycles. The van der Waals surface area contributed by atoms with Gasteiger partial charge < -0.3 is 14.2 Å². The van der Waals surface area contributed by atoms with Gasteiger partial charge in [0, 0.05) is 24.1 Å². The van der Waals surface area contributed by atoms with E-state index in [9.17, 15) is 4.79 Å². The molecule has 0 saturated heterocycles. The fraction of sp³-hybridized carbons (Fsp3) is 0.316. The predicted molar refractivity (Wildman–Crippen MR) is 87.2 cm³/mol. The summed E-state index contributed by atoms with van der Waals surface area (Å²) in [5, 5.41) is 0. The molecule has 2 aromatic carbocycles. The minimum Gasteiger partial charge on any atom is -0.496 e. The van der Waals surface area contributed by atoms with E-state index in [1.807, 2.05) is 25.1 Å². The molecule has 4 nitrogen and oxygen atoms in total. The average Bonchev–Trinajstić information content (AvgIpc) is 2.56. The number of carbonyl (C=O) groups excluding carboxylic acids is 1. The summed E-state index contributed by atoms with van der Waals surface area (Å²) in [6.45, 7) is 3.28. The molecule has 3 rings (SSSR count). The minimum absolute atomic E-state index is 0.00119. The molecular weight excluding hydrogens is 292 g/mol. The molecule has 2 aromatic rings. The van der Waals surface area contributed by atoms with Gasteiger partial charge in [0.15, 0.2) is 0 Å². The Morgan fingerprint density at radius 2 is 2.00 bits per heavy atom. The van der Waals surface area contributed by atoms with Gasteiger partial charge in [-0.2, -0.15) is 0 Å². The number of esters is 1. The molecule has 0 bridgehead atoms. The molecule has 1 heterocycles. The maximum atomic E-state index is 11.3. The first kappa shape index (κ1) is 15.4. The summed E-state index contributed by atoms with van der Waals surface area (Å²) in [4.78, 5) is 11.3. The second kappa shape index (κ2) is 6.32. The zero-order valence-electron chi connectivity index (χ0n) is 13.6. The van der Waals surface area contributed by atoms with Crippen LogP contribution >= 0.6 is 0 Å². The van der Waals surface area contributed by atoms with Crippen molar-refractivity contribution in [1.82, 2.24) is 0 Å². The number of carbonyl (C=O) groups is 1. The number of fused-ring (bicyclic) bond motifs is 1. The van der Waals surface area contributed by atoms with Crippen LogP contribution in [0.25, 0.3) is 0 Å². The largest absolute Gasteiger partial charge is 0.496 e. The third-order valence-electron chi connectivity index (χ3n) is 4.10. The summed E-state index contributed by atoms with van der Waals surface area (Å²) >= 11 is 0. The normalized spacial score (nSPS) is 16.2. The van der Waals surface area contributed by atoms with Crippen molar-refractivity contribution in [3.05, 3.63) is 53.1 Å². The van der Waals surface area contributed by atoms with Gasteiger partial charge in [-0.05, 0) is 25.3 Å². The number of methoxy groups -OCH3 is 1. The first-order chi connectivity index (χ1) is 11.1. The Bertz CT molecular complexity index is 722. The molecular formula is C19H20O4. The van der Waals surface area contributed by atoms with Crippen molar-refractivity contribution < 1.29 is 19.0 Å². The number of ether oxygens (including phenoxy) is 3. The van der Waals surface area contributed by atoms with Gasteiger partial charge in [0.05, 0.1) is 7.11 Å². The van der Waals surface area contributed by atoms with Gasteiger partial charge in [0.25, 0.3) is 0 Å². The number of hydrogen-bond acceptors (Lipinski definition) is 4. The molecule has 1 atom stereocenters. The summed E-state index contributed by atoms with van der Waals surface area (Å²) in [5.74, 6) is 1.60. The number of rotatable bonds is 3. The van der Waals surface area contributed by atoms with Crippen LogP contribution < -0.4 is 14.2 Å². The quantitative estimate of drug-likeness (QED) is 0.635. The molecule has 0 N–H and O–H groups in total. The first-order valence-electron chi connectivity index (χ1n) is 7.70. The van der Waals surface area contributed by atoms with Crippen LogP contribution in [0.1, 0.15) is 36.1 Å². The highest BCUT2D eigenvalue weighted by Crippen LogP contribution is 2.44. The van der Waals surface area contributed by atoms with Gasteiger partial charge in [0.2, 0.25) is 0 Å². The lowest BCUT2D eigenvalue weighted by atomic mass is 9.95. The Morgan fingerprint density at radius 3 is 2.65 bits per heavy atom. The number of hydrogen-bond donors (Lipinski definition) is 0. The van der Waals surface area contributed by atoms with Crippen molar-refractivity contribution in [3.8, 4) is 17.2 Å². The van der Waals surface area contributed by atoms with Crippen LogP contribution in [0.5, 0.6) is 17.2 Å². The molecule has 0 spiro atoms. The SMILES string of the molecule is COc1c(C)c(OC(C)=O)cc2c1CCC(c1ccccc1)O2. The number of benzene rings is 2.